The first kappa shape index (κ1) is 28.6. The van der Waals surface area contributed by atoms with Crippen LogP contribution in [-0.2, 0) is 49.3 Å². The van der Waals surface area contributed by atoms with Crippen molar-refractivity contribution < 1.29 is 52.0 Å². The largest absolute Gasteiger partial charge is 0.463 e. The van der Waals surface area contributed by atoms with Gasteiger partial charge in [0, 0.05) is 33.8 Å². The van der Waals surface area contributed by atoms with Crippen molar-refractivity contribution in [2.45, 2.75) is 78.7 Å². The zero-order valence-electron chi connectivity index (χ0n) is 21.9. The van der Waals surface area contributed by atoms with Crippen molar-refractivity contribution in [2.24, 2.45) is 0 Å². The average Bonchev–Trinajstić information content (AvgIpc) is 2.79. The SMILES string of the molecule is CCc1cc(=O)oc2cc(C)cc(O[C@@H]3O[C@H](COC(C)=O)[C@@H](OC(C)=O)[C@H](OC(C)=O)[C@H]3OC(C)=O)c12. The number of aryl methyl sites for hydroxylation is 2. The lowest BCUT2D eigenvalue weighted by Crippen LogP contribution is -2.63. The van der Waals surface area contributed by atoms with Gasteiger partial charge in [-0.05, 0) is 36.6 Å². The molecule has 0 spiro atoms. The fourth-order valence-electron chi connectivity index (χ4n) is 4.25. The maximum absolute atomic E-state index is 12.1. The lowest BCUT2D eigenvalue weighted by Gasteiger charge is -2.44. The predicted octanol–water partition coefficient (Wildman–Crippen LogP) is 2.13. The number of carbonyl (C=O) groups excluding carboxylic acids is 4. The number of esters is 4. The smallest absolute Gasteiger partial charge is 0.336 e. The molecule has 1 saturated heterocycles. The number of fused-ring (bicyclic) bond motifs is 1. The minimum absolute atomic E-state index is 0.237. The first-order chi connectivity index (χ1) is 17.9. The normalized spacial score (nSPS) is 22.8. The average molecular weight is 535 g/mol. The molecule has 0 unspecified atom stereocenters. The summed E-state index contributed by atoms with van der Waals surface area (Å²) in [6, 6.07) is 4.70. The van der Waals surface area contributed by atoms with Crippen LogP contribution in [0.25, 0.3) is 11.0 Å². The molecule has 12 heteroatoms. The Kier molecular flexibility index (Phi) is 9.10. The van der Waals surface area contributed by atoms with Crippen molar-refractivity contribution in [3.05, 3.63) is 39.7 Å². The van der Waals surface area contributed by atoms with Crippen LogP contribution in [0, 0.1) is 6.92 Å². The van der Waals surface area contributed by atoms with Crippen LogP contribution in [0.1, 0.15) is 45.7 Å². The van der Waals surface area contributed by atoms with E-state index in [1.54, 1.807) is 19.1 Å². The van der Waals surface area contributed by atoms with Gasteiger partial charge in [0.05, 0.1) is 5.39 Å². The van der Waals surface area contributed by atoms with Crippen molar-refractivity contribution in [3.63, 3.8) is 0 Å². The molecule has 1 aromatic heterocycles. The van der Waals surface area contributed by atoms with Gasteiger partial charge < -0.3 is 32.8 Å². The third kappa shape index (κ3) is 6.88. The van der Waals surface area contributed by atoms with E-state index < -0.39 is 60.2 Å². The van der Waals surface area contributed by atoms with E-state index in [4.69, 9.17) is 32.8 Å². The molecule has 2 heterocycles. The second-order valence-corrected chi connectivity index (χ2v) is 8.77. The summed E-state index contributed by atoms with van der Waals surface area (Å²) in [4.78, 5) is 59.6. The zero-order chi connectivity index (χ0) is 28.1. The summed E-state index contributed by atoms with van der Waals surface area (Å²) in [5.74, 6) is -2.64. The van der Waals surface area contributed by atoms with Crippen LogP contribution in [0.15, 0.2) is 27.4 Å². The van der Waals surface area contributed by atoms with Crippen LogP contribution in [0.4, 0.5) is 0 Å². The predicted molar refractivity (Wildman–Crippen MR) is 129 cm³/mol. The van der Waals surface area contributed by atoms with E-state index >= 15 is 0 Å². The van der Waals surface area contributed by atoms with Gasteiger partial charge in [-0.1, -0.05) is 6.92 Å². The monoisotopic (exact) mass is 534 g/mol. The van der Waals surface area contributed by atoms with Gasteiger partial charge in [-0.15, -0.1) is 0 Å². The van der Waals surface area contributed by atoms with Gasteiger partial charge in [0.15, 0.2) is 12.2 Å². The fraction of sp³-hybridized carbons (Fsp3) is 0.500. The Morgan fingerprint density at radius 2 is 1.45 bits per heavy atom. The molecule has 0 radical (unpaired) electrons. The molecule has 0 amide bonds. The summed E-state index contributed by atoms with van der Waals surface area (Å²) in [7, 11) is 0. The molecule has 3 rings (SSSR count). The maximum Gasteiger partial charge on any atom is 0.336 e. The van der Waals surface area contributed by atoms with E-state index in [0.29, 0.717) is 22.9 Å². The number of benzene rings is 1. The topological polar surface area (TPSA) is 154 Å². The van der Waals surface area contributed by atoms with Gasteiger partial charge in [-0.25, -0.2) is 4.79 Å². The standard InChI is InChI=1S/C26H30O12/c1-7-17-10-21(31)36-18-8-12(2)9-19(22(17)18)37-26-25(35-16(6)30)24(34-15(5)29)23(33-14(4)28)20(38-26)11-32-13(3)27/h8-10,20,23-26H,7,11H2,1-6H3/t20-,23-,24+,25-,26-/m1/s1. The molecule has 5 atom stereocenters. The van der Waals surface area contributed by atoms with Gasteiger partial charge in [-0.2, -0.15) is 0 Å². The molecular weight excluding hydrogens is 504 g/mol. The van der Waals surface area contributed by atoms with Crippen LogP contribution < -0.4 is 10.4 Å². The van der Waals surface area contributed by atoms with Gasteiger partial charge in [0.2, 0.25) is 12.4 Å². The van der Waals surface area contributed by atoms with E-state index in [1.807, 2.05) is 6.92 Å². The lowest BCUT2D eigenvalue weighted by atomic mass is 9.98. The summed E-state index contributed by atoms with van der Waals surface area (Å²) >= 11 is 0. The molecule has 1 aliphatic heterocycles. The first-order valence-corrected chi connectivity index (χ1v) is 11.9. The molecule has 0 N–H and O–H groups in total. The molecule has 1 fully saturated rings. The van der Waals surface area contributed by atoms with Crippen molar-refractivity contribution >= 4 is 34.8 Å². The summed E-state index contributed by atoms with van der Waals surface area (Å²) < 4.78 is 39.0. The molecule has 0 saturated carbocycles. The Hall–Kier alpha value is -3.93. The molecule has 206 valence electrons. The summed E-state index contributed by atoms with van der Waals surface area (Å²) in [6.07, 6.45) is -6.19. The molecule has 1 aromatic carbocycles. The number of carbonyl (C=O) groups is 4. The highest BCUT2D eigenvalue weighted by Gasteiger charge is 2.53. The lowest BCUT2D eigenvalue weighted by molar-refractivity contribution is -0.288. The molecule has 0 bridgehead atoms. The second-order valence-electron chi connectivity index (χ2n) is 8.77. The third-order valence-corrected chi connectivity index (χ3v) is 5.61. The Bertz CT molecular complexity index is 1280. The molecule has 2 aromatic rings. The minimum atomic E-state index is -1.42. The zero-order valence-corrected chi connectivity index (χ0v) is 21.9. The second kappa shape index (κ2) is 12.1. The third-order valence-electron chi connectivity index (χ3n) is 5.61. The minimum Gasteiger partial charge on any atom is -0.463 e. The van der Waals surface area contributed by atoms with Gasteiger partial charge in [0.25, 0.3) is 0 Å². The summed E-state index contributed by atoms with van der Waals surface area (Å²) in [5, 5.41) is 0.491. The highest BCUT2D eigenvalue weighted by molar-refractivity contribution is 5.87. The van der Waals surface area contributed by atoms with E-state index in [2.05, 4.69) is 0 Å². The van der Waals surface area contributed by atoms with Crippen molar-refractivity contribution in [2.75, 3.05) is 6.61 Å². The van der Waals surface area contributed by atoms with E-state index in [0.717, 1.165) is 20.8 Å². The summed E-state index contributed by atoms with van der Waals surface area (Å²) in [6.45, 7) is 7.81. The van der Waals surface area contributed by atoms with Gasteiger partial charge in [-0.3, -0.25) is 19.2 Å². The van der Waals surface area contributed by atoms with Gasteiger partial charge in [0.1, 0.15) is 24.0 Å². The first-order valence-electron chi connectivity index (χ1n) is 11.9. The number of ether oxygens (including phenoxy) is 6. The Labute approximate surface area is 218 Å². The van der Waals surface area contributed by atoms with E-state index in [9.17, 15) is 24.0 Å². The van der Waals surface area contributed by atoms with Crippen LogP contribution >= 0.6 is 0 Å². The molecule has 12 nitrogen and oxygen atoms in total. The number of hydrogen-bond donors (Lipinski definition) is 0. The quantitative estimate of drug-likeness (QED) is 0.277. The van der Waals surface area contributed by atoms with Crippen LogP contribution in [0.5, 0.6) is 5.75 Å². The fourth-order valence-corrected chi connectivity index (χ4v) is 4.25. The summed E-state index contributed by atoms with van der Waals surface area (Å²) in [5.41, 5.74) is 1.07. The number of rotatable bonds is 8. The van der Waals surface area contributed by atoms with Crippen LogP contribution in [-0.4, -0.2) is 61.2 Å². The van der Waals surface area contributed by atoms with E-state index in [-0.39, 0.29) is 17.9 Å². The molecule has 1 aliphatic rings. The Morgan fingerprint density at radius 1 is 0.842 bits per heavy atom. The maximum atomic E-state index is 12.1. The molecule has 38 heavy (non-hydrogen) atoms. The molecule has 0 aliphatic carbocycles. The van der Waals surface area contributed by atoms with Crippen molar-refractivity contribution in [3.8, 4) is 5.75 Å². The highest BCUT2D eigenvalue weighted by atomic mass is 16.7. The van der Waals surface area contributed by atoms with Crippen molar-refractivity contribution in [1.82, 2.24) is 0 Å². The van der Waals surface area contributed by atoms with Gasteiger partial charge >= 0.3 is 29.5 Å². The Balaban J connectivity index is 2.14. The Morgan fingerprint density at radius 3 is 2.03 bits per heavy atom. The van der Waals surface area contributed by atoms with E-state index in [1.165, 1.54) is 13.0 Å². The number of hydrogen-bond acceptors (Lipinski definition) is 12. The molecular formula is C26H30O12. The van der Waals surface area contributed by atoms with Crippen molar-refractivity contribution in [1.29, 1.82) is 0 Å². The van der Waals surface area contributed by atoms with Crippen LogP contribution in [0.2, 0.25) is 0 Å². The highest BCUT2D eigenvalue weighted by Crippen LogP contribution is 2.35. The van der Waals surface area contributed by atoms with Crippen LogP contribution in [0.3, 0.4) is 0 Å².